The number of unbranched alkanes of at least 4 members (excludes halogenated alkanes) is 15. The summed E-state index contributed by atoms with van der Waals surface area (Å²) in [7, 11) is 0. The van der Waals surface area contributed by atoms with Crippen LogP contribution in [0.5, 0.6) is 0 Å². The molecule has 0 aliphatic rings. The molecule has 0 bridgehead atoms. The average Bonchev–Trinajstić information content (AvgIpc) is 3.11. The molecule has 0 saturated carbocycles. The van der Waals surface area contributed by atoms with Crippen LogP contribution in [0.4, 0.5) is 0 Å². The molecular weight excluding hydrogens is 352 g/mol. The second-order valence-corrected chi connectivity index (χ2v) is 9.15. The maximum Gasteiger partial charge on any atom is 0.256 e. The average molecular weight is 406 g/mol. The van der Waals surface area contributed by atoms with E-state index >= 15 is 0 Å². The van der Waals surface area contributed by atoms with Crippen LogP contribution in [0, 0.1) is 0 Å². The van der Waals surface area contributed by atoms with Crippen LogP contribution in [-0.4, -0.2) is 4.57 Å². The number of aromatic nitrogens is 2. The van der Waals surface area contributed by atoms with Crippen LogP contribution in [0.1, 0.15) is 142 Å². The Hall–Kier alpha value is -0.790. The number of hydrogen-bond acceptors (Lipinski definition) is 0. The van der Waals surface area contributed by atoms with Gasteiger partial charge < -0.3 is 0 Å². The molecule has 0 fully saturated rings. The van der Waals surface area contributed by atoms with Gasteiger partial charge in [0.1, 0.15) is 12.4 Å². The van der Waals surface area contributed by atoms with Crippen molar-refractivity contribution in [3.63, 3.8) is 0 Å². The summed E-state index contributed by atoms with van der Waals surface area (Å²) in [5.74, 6) is 1.59. The van der Waals surface area contributed by atoms with Crippen molar-refractivity contribution in [1.82, 2.24) is 4.57 Å². The lowest BCUT2D eigenvalue weighted by Crippen LogP contribution is -2.37. The third-order valence-electron chi connectivity index (χ3n) is 6.35. The fourth-order valence-corrected chi connectivity index (χ4v) is 4.38. The van der Waals surface area contributed by atoms with Gasteiger partial charge in [0.25, 0.3) is 5.82 Å². The van der Waals surface area contributed by atoms with E-state index in [4.69, 9.17) is 0 Å². The van der Waals surface area contributed by atoms with Crippen LogP contribution >= 0.6 is 0 Å². The Balaban J connectivity index is 2.32. The third kappa shape index (κ3) is 13.2. The van der Waals surface area contributed by atoms with Gasteiger partial charge >= 0.3 is 0 Å². The molecule has 170 valence electrons. The van der Waals surface area contributed by atoms with Gasteiger partial charge in [0, 0.05) is 6.42 Å². The van der Waals surface area contributed by atoms with E-state index in [0.717, 1.165) is 0 Å². The van der Waals surface area contributed by atoms with E-state index in [9.17, 15) is 0 Å². The summed E-state index contributed by atoms with van der Waals surface area (Å²) in [6.45, 7) is 9.36. The monoisotopic (exact) mass is 405 g/mol. The van der Waals surface area contributed by atoms with E-state index in [1.165, 1.54) is 135 Å². The van der Waals surface area contributed by atoms with Gasteiger partial charge in [0.2, 0.25) is 0 Å². The summed E-state index contributed by atoms with van der Waals surface area (Å²) >= 11 is 0. The Morgan fingerprint density at radius 3 is 1.66 bits per heavy atom. The largest absolute Gasteiger partial charge is 0.256 e. The molecule has 0 saturated heterocycles. The zero-order chi connectivity index (χ0) is 21.0. The molecule has 1 aromatic heterocycles. The van der Waals surface area contributed by atoms with E-state index in [2.05, 4.69) is 42.3 Å². The lowest BCUT2D eigenvalue weighted by Gasteiger charge is -2.06. The van der Waals surface area contributed by atoms with Gasteiger partial charge in [-0.2, -0.15) is 0 Å². The predicted molar refractivity (Wildman–Crippen MR) is 128 cm³/mol. The molecular formula is C27H53N2+. The van der Waals surface area contributed by atoms with E-state index < -0.39 is 0 Å². The zero-order valence-corrected chi connectivity index (χ0v) is 20.4. The lowest BCUT2D eigenvalue weighted by molar-refractivity contribution is -0.704. The molecule has 0 aliphatic carbocycles. The number of nitrogens with zero attached hydrogens (tertiary/aromatic N) is 2. The van der Waals surface area contributed by atoms with Gasteiger partial charge in [-0.1, -0.05) is 104 Å². The Labute approximate surface area is 183 Å². The van der Waals surface area contributed by atoms with E-state index in [0.29, 0.717) is 0 Å². The highest BCUT2D eigenvalue weighted by Gasteiger charge is 2.16. The molecule has 0 atom stereocenters. The Kier molecular flexibility index (Phi) is 17.4. The van der Waals surface area contributed by atoms with Gasteiger partial charge in [-0.05, 0) is 32.1 Å². The first kappa shape index (κ1) is 26.2. The summed E-state index contributed by atoms with van der Waals surface area (Å²) in [5, 5.41) is 0. The molecule has 1 rings (SSSR count). The smallest absolute Gasteiger partial charge is 0.234 e. The number of imidazole rings is 1. The standard InChI is InChI=1S/C27H53N2/c1-4-7-10-12-14-15-16-18-21-24-29-26-25-28(27(29)22-19-9-6-3)23-20-17-13-11-8-5-2/h25-26H,4-24H2,1-3H3/q+1. The predicted octanol–water partition coefficient (Wildman–Crippen LogP) is 8.40. The van der Waals surface area contributed by atoms with Crippen LogP contribution in [0.2, 0.25) is 0 Å². The normalized spacial score (nSPS) is 11.4. The van der Waals surface area contributed by atoms with Crippen LogP contribution < -0.4 is 4.57 Å². The van der Waals surface area contributed by atoms with Gasteiger partial charge in [0.15, 0.2) is 0 Å². The van der Waals surface area contributed by atoms with Gasteiger partial charge in [-0.3, -0.25) is 0 Å². The van der Waals surface area contributed by atoms with E-state index in [-0.39, 0.29) is 0 Å². The van der Waals surface area contributed by atoms with Crippen molar-refractivity contribution in [2.75, 3.05) is 0 Å². The summed E-state index contributed by atoms with van der Waals surface area (Å²) < 4.78 is 5.15. The van der Waals surface area contributed by atoms with E-state index in [1.807, 2.05) is 0 Å². The Bertz CT molecular complexity index is 463. The van der Waals surface area contributed by atoms with Gasteiger partial charge in [-0.15, -0.1) is 0 Å². The molecule has 0 spiro atoms. The van der Waals surface area contributed by atoms with Crippen molar-refractivity contribution >= 4 is 0 Å². The second kappa shape index (κ2) is 19.2. The van der Waals surface area contributed by atoms with Crippen LogP contribution in [0.25, 0.3) is 0 Å². The molecule has 0 amide bonds. The molecule has 29 heavy (non-hydrogen) atoms. The molecule has 2 nitrogen and oxygen atoms in total. The quantitative estimate of drug-likeness (QED) is 0.143. The number of aryl methyl sites for hydroxylation is 2. The molecule has 2 heteroatoms. The first-order valence-electron chi connectivity index (χ1n) is 13.4. The van der Waals surface area contributed by atoms with Crippen molar-refractivity contribution in [2.45, 2.75) is 156 Å². The number of hydrogen-bond donors (Lipinski definition) is 0. The topological polar surface area (TPSA) is 8.81 Å². The molecule has 0 aliphatic heterocycles. The molecule has 1 aromatic rings. The molecule has 0 unspecified atom stereocenters. The molecule has 0 radical (unpaired) electrons. The first-order valence-corrected chi connectivity index (χ1v) is 13.4. The minimum atomic E-state index is 1.22. The van der Waals surface area contributed by atoms with Crippen molar-refractivity contribution in [1.29, 1.82) is 0 Å². The fraction of sp³-hybridized carbons (Fsp3) is 0.889. The highest BCUT2D eigenvalue weighted by molar-refractivity contribution is 4.84. The van der Waals surface area contributed by atoms with Crippen molar-refractivity contribution < 1.29 is 4.57 Å². The van der Waals surface area contributed by atoms with Crippen molar-refractivity contribution in [3.05, 3.63) is 18.2 Å². The van der Waals surface area contributed by atoms with Crippen molar-refractivity contribution in [3.8, 4) is 0 Å². The minimum absolute atomic E-state index is 1.22. The van der Waals surface area contributed by atoms with Crippen LogP contribution in [0.3, 0.4) is 0 Å². The number of rotatable bonds is 21. The maximum absolute atomic E-state index is 2.58. The highest BCUT2D eigenvalue weighted by atomic mass is 15.1. The second-order valence-electron chi connectivity index (χ2n) is 9.15. The van der Waals surface area contributed by atoms with Crippen LogP contribution in [-0.2, 0) is 19.5 Å². The Morgan fingerprint density at radius 2 is 1.07 bits per heavy atom. The summed E-state index contributed by atoms with van der Waals surface area (Å²) in [5.41, 5.74) is 0. The summed E-state index contributed by atoms with van der Waals surface area (Å²) in [4.78, 5) is 0. The Morgan fingerprint density at radius 1 is 0.586 bits per heavy atom. The fourth-order valence-electron chi connectivity index (χ4n) is 4.38. The molecule has 1 heterocycles. The molecule has 0 N–H and O–H groups in total. The zero-order valence-electron chi connectivity index (χ0n) is 20.4. The maximum atomic E-state index is 2.58. The van der Waals surface area contributed by atoms with Gasteiger partial charge in [0.05, 0.1) is 13.1 Å². The summed E-state index contributed by atoms with van der Waals surface area (Å²) in [6.07, 6.45) is 31.1. The minimum Gasteiger partial charge on any atom is -0.234 e. The van der Waals surface area contributed by atoms with Gasteiger partial charge in [-0.25, -0.2) is 9.13 Å². The first-order chi connectivity index (χ1) is 14.3. The third-order valence-corrected chi connectivity index (χ3v) is 6.35. The van der Waals surface area contributed by atoms with Crippen LogP contribution in [0.15, 0.2) is 12.4 Å². The molecule has 0 aromatic carbocycles. The lowest BCUT2D eigenvalue weighted by atomic mass is 10.1. The van der Waals surface area contributed by atoms with E-state index in [1.54, 1.807) is 5.82 Å². The highest BCUT2D eigenvalue weighted by Crippen LogP contribution is 2.11. The van der Waals surface area contributed by atoms with Crippen molar-refractivity contribution in [2.24, 2.45) is 0 Å². The summed E-state index contributed by atoms with van der Waals surface area (Å²) in [6, 6.07) is 0. The SMILES string of the molecule is CCCCCCCCCCC[n+]1ccn(CCCCCCCC)c1CCCCC.